The minimum atomic E-state index is 0.0256. The van der Waals surface area contributed by atoms with Crippen LogP contribution in [0, 0.1) is 0 Å². The molecule has 0 saturated heterocycles. The number of pyridine rings is 1. The quantitative estimate of drug-likeness (QED) is 0.209. The zero-order valence-electron chi connectivity index (χ0n) is 12.2. The van der Waals surface area contributed by atoms with E-state index in [0.717, 1.165) is 38.1 Å². The van der Waals surface area contributed by atoms with Crippen LogP contribution in [0.4, 0.5) is 0 Å². The van der Waals surface area contributed by atoms with Crippen molar-refractivity contribution in [1.82, 2.24) is 10.3 Å². The fourth-order valence-electron chi connectivity index (χ4n) is 1.68. The van der Waals surface area contributed by atoms with Crippen LogP contribution in [0.5, 0.6) is 0 Å². The Balaban J connectivity index is 2.22. The Kier molecular flexibility index (Phi) is 7.60. The number of nitrogens with two attached hydrogens (primary N) is 1. The highest BCUT2D eigenvalue weighted by molar-refractivity contribution is 5.95. The maximum absolute atomic E-state index is 8.61. The van der Waals surface area contributed by atoms with Gasteiger partial charge in [0.05, 0.1) is 6.10 Å². The number of amidine groups is 1. The van der Waals surface area contributed by atoms with Gasteiger partial charge in [-0.2, -0.15) is 0 Å². The molecule has 4 N–H and O–H groups in total. The van der Waals surface area contributed by atoms with Crippen molar-refractivity contribution >= 4 is 5.84 Å². The van der Waals surface area contributed by atoms with Crippen LogP contribution in [0.3, 0.4) is 0 Å². The molecule has 6 heteroatoms. The van der Waals surface area contributed by atoms with Crippen molar-refractivity contribution in [1.29, 1.82) is 0 Å². The molecule has 0 radical (unpaired) electrons. The summed E-state index contributed by atoms with van der Waals surface area (Å²) in [6.45, 7) is 6.56. The molecule has 0 fully saturated rings. The Morgan fingerprint density at radius 1 is 1.50 bits per heavy atom. The lowest BCUT2D eigenvalue weighted by Crippen LogP contribution is -2.18. The van der Waals surface area contributed by atoms with Crippen molar-refractivity contribution in [3.63, 3.8) is 0 Å². The number of nitrogens with zero attached hydrogens (tertiary/aromatic N) is 2. The fourth-order valence-corrected chi connectivity index (χ4v) is 1.68. The number of rotatable bonds is 9. The predicted octanol–water partition coefficient (Wildman–Crippen LogP) is 1.47. The minimum absolute atomic E-state index is 0.0256. The van der Waals surface area contributed by atoms with Crippen molar-refractivity contribution in [2.45, 2.75) is 39.3 Å². The average molecular weight is 280 g/mol. The molecule has 0 aliphatic rings. The summed E-state index contributed by atoms with van der Waals surface area (Å²) in [6, 6.07) is 3.72. The summed E-state index contributed by atoms with van der Waals surface area (Å²) in [5.74, 6) is 0.0256. The third kappa shape index (κ3) is 6.49. The molecule has 0 aliphatic heterocycles. The molecule has 0 spiro atoms. The van der Waals surface area contributed by atoms with Gasteiger partial charge in [0.25, 0.3) is 0 Å². The van der Waals surface area contributed by atoms with Gasteiger partial charge in [0.15, 0.2) is 5.84 Å². The second kappa shape index (κ2) is 9.28. The van der Waals surface area contributed by atoms with Gasteiger partial charge in [-0.15, -0.1) is 0 Å². The smallest absolute Gasteiger partial charge is 0.188 e. The second-order valence-electron chi connectivity index (χ2n) is 4.84. The second-order valence-corrected chi connectivity index (χ2v) is 4.84. The maximum atomic E-state index is 8.61. The third-order valence-electron chi connectivity index (χ3n) is 2.72. The normalized spacial score (nSPS) is 12.1. The number of ether oxygens (including phenoxy) is 1. The molecule has 112 valence electrons. The Morgan fingerprint density at radius 3 is 3.00 bits per heavy atom. The van der Waals surface area contributed by atoms with Crippen LogP contribution in [-0.4, -0.2) is 35.3 Å². The first-order chi connectivity index (χ1) is 9.63. The highest BCUT2D eigenvalue weighted by atomic mass is 16.5. The highest BCUT2D eigenvalue weighted by Gasteiger charge is 2.02. The average Bonchev–Trinajstić information content (AvgIpc) is 2.45. The number of aromatic nitrogens is 1. The van der Waals surface area contributed by atoms with Crippen LogP contribution in [0.2, 0.25) is 0 Å². The lowest BCUT2D eigenvalue weighted by molar-refractivity contribution is 0.0760. The molecule has 0 saturated carbocycles. The Morgan fingerprint density at radius 2 is 2.30 bits per heavy atom. The van der Waals surface area contributed by atoms with E-state index in [1.54, 1.807) is 6.20 Å². The van der Waals surface area contributed by atoms with E-state index in [1.165, 1.54) is 0 Å². The number of hydrogen-bond acceptors (Lipinski definition) is 5. The fraction of sp³-hybridized carbons (Fsp3) is 0.571. The first-order valence-corrected chi connectivity index (χ1v) is 6.88. The van der Waals surface area contributed by atoms with E-state index in [1.807, 2.05) is 26.0 Å². The molecule has 0 unspecified atom stereocenters. The van der Waals surface area contributed by atoms with E-state index in [9.17, 15) is 0 Å². The predicted molar refractivity (Wildman–Crippen MR) is 78.8 cm³/mol. The van der Waals surface area contributed by atoms with Crippen LogP contribution in [-0.2, 0) is 11.3 Å². The van der Waals surface area contributed by atoms with Gasteiger partial charge < -0.3 is 21.0 Å². The van der Waals surface area contributed by atoms with E-state index >= 15 is 0 Å². The first kappa shape index (κ1) is 16.4. The number of unbranched alkanes of at least 4 members (excludes halogenated alkanes) is 1. The van der Waals surface area contributed by atoms with Gasteiger partial charge in [0.2, 0.25) is 0 Å². The molecular formula is C14H24N4O2. The number of nitrogens with one attached hydrogen (secondary N) is 1. The highest BCUT2D eigenvalue weighted by Crippen LogP contribution is 2.02. The van der Waals surface area contributed by atoms with E-state index in [-0.39, 0.29) is 5.84 Å². The summed E-state index contributed by atoms with van der Waals surface area (Å²) >= 11 is 0. The van der Waals surface area contributed by atoms with Crippen LogP contribution < -0.4 is 11.1 Å². The zero-order chi connectivity index (χ0) is 14.8. The molecule has 1 rings (SSSR count). The van der Waals surface area contributed by atoms with Gasteiger partial charge in [-0.25, -0.2) is 0 Å². The van der Waals surface area contributed by atoms with Gasteiger partial charge in [0.1, 0.15) is 5.69 Å². The molecule has 1 aromatic rings. The molecule has 1 heterocycles. The summed E-state index contributed by atoms with van der Waals surface area (Å²) in [4.78, 5) is 4.04. The van der Waals surface area contributed by atoms with Crippen molar-refractivity contribution in [3.05, 3.63) is 29.6 Å². The molecule has 1 aromatic heterocycles. The van der Waals surface area contributed by atoms with Crippen LogP contribution >= 0.6 is 0 Å². The van der Waals surface area contributed by atoms with Crippen molar-refractivity contribution in [3.8, 4) is 0 Å². The molecule has 20 heavy (non-hydrogen) atoms. The molecule has 0 atom stereocenters. The maximum Gasteiger partial charge on any atom is 0.188 e. The van der Waals surface area contributed by atoms with Crippen molar-refractivity contribution in [2.24, 2.45) is 10.9 Å². The molecule has 6 nitrogen and oxygen atoms in total. The summed E-state index contributed by atoms with van der Waals surface area (Å²) in [7, 11) is 0. The summed E-state index contributed by atoms with van der Waals surface area (Å²) in [5.41, 5.74) is 7.04. The summed E-state index contributed by atoms with van der Waals surface area (Å²) in [5, 5.41) is 14.9. The first-order valence-electron chi connectivity index (χ1n) is 6.88. The van der Waals surface area contributed by atoms with Crippen LogP contribution in [0.1, 0.15) is 37.9 Å². The van der Waals surface area contributed by atoms with Crippen molar-refractivity contribution in [2.75, 3.05) is 13.2 Å². The van der Waals surface area contributed by atoms with E-state index in [4.69, 9.17) is 15.7 Å². The summed E-state index contributed by atoms with van der Waals surface area (Å²) in [6.07, 6.45) is 4.08. The molecular weight excluding hydrogens is 256 g/mol. The Labute approximate surface area is 120 Å². The van der Waals surface area contributed by atoms with Gasteiger partial charge >= 0.3 is 0 Å². The zero-order valence-corrected chi connectivity index (χ0v) is 12.2. The summed E-state index contributed by atoms with van der Waals surface area (Å²) < 4.78 is 5.47. The van der Waals surface area contributed by atoms with Gasteiger partial charge in [-0.05, 0) is 50.9 Å². The Bertz CT molecular complexity index is 421. The van der Waals surface area contributed by atoms with Gasteiger partial charge in [-0.3, -0.25) is 4.98 Å². The Hall–Kier alpha value is -1.66. The third-order valence-corrected chi connectivity index (χ3v) is 2.72. The van der Waals surface area contributed by atoms with Gasteiger partial charge in [0, 0.05) is 19.3 Å². The van der Waals surface area contributed by atoms with Crippen molar-refractivity contribution < 1.29 is 9.94 Å². The van der Waals surface area contributed by atoms with Crippen LogP contribution in [0.15, 0.2) is 23.5 Å². The van der Waals surface area contributed by atoms with E-state index in [0.29, 0.717) is 11.8 Å². The lowest BCUT2D eigenvalue weighted by atomic mass is 10.2. The van der Waals surface area contributed by atoms with Crippen LogP contribution in [0.25, 0.3) is 0 Å². The monoisotopic (exact) mass is 280 g/mol. The SMILES string of the molecule is CC(C)OCCCCNCc1ccnc(/C(N)=N/O)c1. The van der Waals surface area contributed by atoms with Gasteiger partial charge in [-0.1, -0.05) is 5.16 Å². The lowest BCUT2D eigenvalue weighted by Gasteiger charge is -2.08. The molecule has 0 amide bonds. The standard InChI is InChI=1S/C14H24N4O2/c1-11(2)20-8-4-3-6-16-10-12-5-7-17-13(9-12)14(15)18-19/h5,7,9,11,16,19H,3-4,6,8,10H2,1-2H3,(H2,15,18). The largest absolute Gasteiger partial charge is 0.409 e. The molecule has 0 bridgehead atoms. The minimum Gasteiger partial charge on any atom is -0.409 e. The van der Waals surface area contributed by atoms with E-state index < -0.39 is 0 Å². The number of hydrogen-bond donors (Lipinski definition) is 3. The number of oxime groups is 1. The topological polar surface area (TPSA) is 92.8 Å². The molecule has 0 aromatic carbocycles. The van der Waals surface area contributed by atoms with E-state index in [2.05, 4.69) is 15.5 Å². The molecule has 0 aliphatic carbocycles.